The van der Waals surface area contributed by atoms with Crippen molar-refractivity contribution in [1.29, 1.82) is 0 Å². The number of nitrogens with one attached hydrogen (secondary N) is 1. The molecule has 0 bridgehead atoms. The van der Waals surface area contributed by atoms with Gasteiger partial charge in [0, 0.05) is 38.4 Å². The van der Waals surface area contributed by atoms with Crippen LogP contribution in [0.2, 0.25) is 0 Å². The van der Waals surface area contributed by atoms with E-state index >= 15 is 0 Å². The van der Waals surface area contributed by atoms with Gasteiger partial charge in [0.15, 0.2) is 0 Å². The number of hydrogen-bond donors (Lipinski definition) is 1. The van der Waals surface area contributed by atoms with E-state index in [9.17, 15) is 4.79 Å². The zero-order valence-corrected chi connectivity index (χ0v) is 14.8. The van der Waals surface area contributed by atoms with Crippen LogP contribution >= 0.6 is 0 Å². The smallest absolute Gasteiger partial charge is 0.410 e. The van der Waals surface area contributed by atoms with E-state index in [1.165, 1.54) is 5.69 Å². The standard InChI is InChI=1S/C17H30N4O2/c1-5-9-20-13-19-12-15(20)11-18-8-10-21(14-6-7-14)16(22)23-17(2,3)4/h12-14,18H,5-11H2,1-4H3. The molecule has 23 heavy (non-hydrogen) atoms. The third-order valence-electron chi connectivity index (χ3n) is 3.71. The normalized spacial score (nSPS) is 14.8. The Hall–Kier alpha value is -1.56. The van der Waals surface area contributed by atoms with Crippen LogP contribution in [0.5, 0.6) is 0 Å². The van der Waals surface area contributed by atoms with Gasteiger partial charge in [-0.3, -0.25) is 0 Å². The molecule has 1 heterocycles. The molecule has 1 aliphatic carbocycles. The van der Waals surface area contributed by atoms with E-state index in [4.69, 9.17) is 4.74 Å². The molecule has 1 aromatic rings. The lowest BCUT2D eigenvalue weighted by Gasteiger charge is -2.27. The number of carbonyl (C=O) groups is 1. The molecule has 0 aromatic carbocycles. The van der Waals surface area contributed by atoms with Crippen molar-refractivity contribution >= 4 is 6.09 Å². The summed E-state index contributed by atoms with van der Waals surface area (Å²) in [6.45, 7) is 11.1. The van der Waals surface area contributed by atoms with E-state index in [0.29, 0.717) is 12.6 Å². The quantitative estimate of drug-likeness (QED) is 0.748. The largest absolute Gasteiger partial charge is 0.444 e. The van der Waals surface area contributed by atoms with E-state index < -0.39 is 5.60 Å². The number of imidazole rings is 1. The molecule has 0 aliphatic heterocycles. The second-order valence-corrected chi connectivity index (χ2v) is 7.16. The minimum atomic E-state index is -0.440. The lowest BCUT2D eigenvalue weighted by atomic mass is 10.2. The van der Waals surface area contributed by atoms with Gasteiger partial charge < -0.3 is 19.5 Å². The van der Waals surface area contributed by atoms with Gasteiger partial charge in [-0.15, -0.1) is 0 Å². The molecule has 0 radical (unpaired) electrons. The Kier molecular flexibility index (Phi) is 6.04. The number of nitrogens with zero attached hydrogens (tertiary/aromatic N) is 3. The van der Waals surface area contributed by atoms with E-state index in [0.717, 1.165) is 38.9 Å². The van der Waals surface area contributed by atoms with Gasteiger partial charge in [-0.1, -0.05) is 6.92 Å². The molecule has 1 aromatic heterocycles. The number of ether oxygens (including phenoxy) is 1. The highest BCUT2D eigenvalue weighted by Gasteiger charge is 2.34. The van der Waals surface area contributed by atoms with Crippen molar-refractivity contribution in [2.75, 3.05) is 13.1 Å². The fourth-order valence-electron chi connectivity index (χ4n) is 2.48. The van der Waals surface area contributed by atoms with Crippen molar-refractivity contribution < 1.29 is 9.53 Å². The minimum Gasteiger partial charge on any atom is -0.444 e. The molecule has 1 saturated carbocycles. The molecule has 1 N–H and O–H groups in total. The molecule has 0 saturated heterocycles. The van der Waals surface area contributed by atoms with Crippen molar-refractivity contribution in [2.24, 2.45) is 0 Å². The highest BCUT2D eigenvalue weighted by molar-refractivity contribution is 5.69. The Morgan fingerprint density at radius 1 is 1.48 bits per heavy atom. The third kappa shape index (κ3) is 5.86. The van der Waals surface area contributed by atoms with Gasteiger partial charge in [-0.05, 0) is 40.0 Å². The maximum Gasteiger partial charge on any atom is 0.410 e. The van der Waals surface area contributed by atoms with E-state index in [1.54, 1.807) is 0 Å². The Morgan fingerprint density at radius 3 is 2.83 bits per heavy atom. The zero-order chi connectivity index (χ0) is 16.9. The summed E-state index contributed by atoms with van der Waals surface area (Å²) in [5.41, 5.74) is 0.742. The summed E-state index contributed by atoms with van der Waals surface area (Å²) < 4.78 is 7.67. The van der Waals surface area contributed by atoms with Gasteiger partial charge in [-0.2, -0.15) is 0 Å². The third-order valence-corrected chi connectivity index (χ3v) is 3.71. The van der Waals surface area contributed by atoms with Crippen LogP contribution in [0.15, 0.2) is 12.5 Å². The van der Waals surface area contributed by atoms with Crippen LogP contribution in [0, 0.1) is 0 Å². The molecular weight excluding hydrogens is 292 g/mol. The second-order valence-electron chi connectivity index (χ2n) is 7.16. The first-order chi connectivity index (χ1) is 10.9. The van der Waals surface area contributed by atoms with Crippen LogP contribution in [-0.2, 0) is 17.8 Å². The average Bonchev–Trinajstić information content (AvgIpc) is 3.18. The first kappa shape index (κ1) is 17.8. The first-order valence-corrected chi connectivity index (χ1v) is 8.60. The van der Waals surface area contributed by atoms with Crippen LogP contribution in [0.1, 0.15) is 52.7 Å². The zero-order valence-electron chi connectivity index (χ0n) is 14.8. The molecule has 6 heteroatoms. The molecule has 0 spiro atoms. The summed E-state index contributed by atoms with van der Waals surface area (Å²) in [6.07, 6.45) is 6.84. The van der Waals surface area contributed by atoms with Gasteiger partial charge in [0.25, 0.3) is 0 Å². The maximum absolute atomic E-state index is 12.3. The van der Waals surface area contributed by atoms with Gasteiger partial charge >= 0.3 is 6.09 Å². The van der Waals surface area contributed by atoms with Crippen LogP contribution in [0.25, 0.3) is 0 Å². The van der Waals surface area contributed by atoms with E-state index in [1.807, 2.05) is 38.2 Å². The van der Waals surface area contributed by atoms with Crippen LogP contribution in [0.4, 0.5) is 4.79 Å². The summed E-state index contributed by atoms with van der Waals surface area (Å²) in [4.78, 5) is 18.3. The van der Waals surface area contributed by atoms with Gasteiger partial charge in [0.1, 0.15) is 5.60 Å². The first-order valence-electron chi connectivity index (χ1n) is 8.60. The summed E-state index contributed by atoms with van der Waals surface area (Å²) >= 11 is 0. The van der Waals surface area contributed by atoms with Crippen molar-refractivity contribution in [1.82, 2.24) is 19.8 Å². The van der Waals surface area contributed by atoms with Crippen LogP contribution < -0.4 is 5.32 Å². The molecule has 0 unspecified atom stereocenters. The molecule has 130 valence electrons. The summed E-state index contributed by atoms with van der Waals surface area (Å²) in [6, 6.07) is 0.359. The minimum absolute atomic E-state index is 0.196. The summed E-state index contributed by atoms with van der Waals surface area (Å²) in [7, 11) is 0. The predicted octanol–water partition coefficient (Wildman–Crippen LogP) is 2.78. The lowest BCUT2D eigenvalue weighted by Crippen LogP contribution is -2.41. The molecule has 2 rings (SSSR count). The van der Waals surface area contributed by atoms with Crippen molar-refractivity contribution in [3.63, 3.8) is 0 Å². The number of carbonyl (C=O) groups excluding carboxylic acids is 1. The molecule has 1 amide bonds. The summed E-state index contributed by atoms with van der Waals surface area (Å²) in [5.74, 6) is 0. The van der Waals surface area contributed by atoms with E-state index in [2.05, 4.69) is 21.8 Å². The second kappa shape index (κ2) is 7.81. The Bertz CT molecular complexity index is 503. The summed E-state index contributed by atoms with van der Waals surface area (Å²) in [5, 5.41) is 3.41. The topological polar surface area (TPSA) is 59.4 Å². The van der Waals surface area contributed by atoms with Crippen molar-refractivity contribution in [3.05, 3.63) is 18.2 Å². The van der Waals surface area contributed by atoms with Gasteiger partial charge in [-0.25, -0.2) is 9.78 Å². The van der Waals surface area contributed by atoms with Crippen molar-refractivity contribution in [3.8, 4) is 0 Å². The number of amides is 1. The van der Waals surface area contributed by atoms with Crippen LogP contribution in [-0.4, -0.2) is 45.3 Å². The molecule has 1 fully saturated rings. The molecule has 1 aliphatic rings. The highest BCUT2D eigenvalue weighted by Crippen LogP contribution is 2.28. The predicted molar refractivity (Wildman–Crippen MR) is 90.2 cm³/mol. The number of rotatable bonds is 8. The Labute approximate surface area is 139 Å². The lowest BCUT2D eigenvalue weighted by molar-refractivity contribution is 0.0236. The number of hydrogen-bond acceptors (Lipinski definition) is 4. The van der Waals surface area contributed by atoms with E-state index in [-0.39, 0.29) is 6.09 Å². The average molecular weight is 322 g/mol. The van der Waals surface area contributed by atoms with Crippen molar-refractivity contribution in [2.45, 2.75) is 71.7 Å². The fraction of sp³-hybridized carbons (Fsp3) is 0.765. The SMILES string of the molecule is CCCn1cncc1CNCCN(C(=O)OC(C)(C)C)C1CC1. The molecule has 0 atom stereocenters. The molecular formula is C17H30N4O2. The van der Waals surface area contributed by atoms with Gasteiger partial charge in [0.05, 0.1) is 12.0 Å². The number of aryl methyl sites for hydroxylation is 1. The Balaban J connectivity index is 1.76. The highest BCUT2D eigenvalue weighted by atomic mass is 16.6. The Morgan fingerprint density at radius 2 is 2.22 bits per heavy atom. The maximum atomic E-state index is 12.3. The monoisotopic (exact) mass is 322 g/mol. The fourth-order valence-corrected chi connectivity index (χ4v) is 2.48. The number of aromatic nitrogens is 2. The van der Waals surface area contributed by atoms with Gasteiger partial charge in [0.2, 0.25) is 0 Å². The van der Waals surface area contributed by atoms with Crippen LogP contribution in [0.3, 0.4) is 0 Å². The molecule has 6 nitrogen and oxygen atoms in total.